The summed E-state index contributed by atoms with van der Waals surface area (Å²) in [6.45, 7) is 10.2. The summed E-state index contributed by atoms with van der Waals surface area (Å²) in [6.07, 6.45) is 3.75. The third-order valence-corrected chi connectivity index (χ3v) is 7.54. The van der Waals surface area contributed by atoms with Crippen LogP contribution < -0.4 is 5.32 Å². The molecule has 0 saturated carbocycles. The largest absolute Gasteiger partial charge is 0.314 e. The monoisotopic (exact) mass is 413 g/mol. The van der Waals surface area contributed by atoms with Gasteiger partial charge in [0, 0.05) is 45.3 Å². The van der Waals surface area contributed by atoms with Crippen molar-refractivity contribution in [1.82, 2.24) is 14.5 Å². The van der Waals surface area contributed by atoms with Crippen LogP contribution in [0.3, 0.4) is 0 Å². The Morgan fingerprint density at radius 1 is 1.14 bits per heavy atom. The second-order valence-electron chi connectivity index (χ2n) is 7.86. The van der Waals surface area contributed by atoms with Gasteiger partial charge in [0.2, 0.25) is 10.0 Å². The van der Waals surface area contributed by atoms with Crippen LogP contribution in [-0.2, 0) is 10.0 Å². The van der Waals surface area contributed by atoms with Crippen molar-refractivity contribution < 1.29 is 12.8 Å². The maximum absolute atomic E-state index is 12.2. The van der Waals surface area contributed by atoms with Crippen molar-refractivity contribution in [1.29, 1.82) is 0 Å². The zero-order valence-corrected chi connectivity index (χ0v) is 18.1. The summed E-state index contributed by atoms with van der Waals surface area (Å²) in [7, 11) is -3.00. The van der Waals surface area contributed by atoms with E-state index in [1.807, 2.05) is 6.92 Å². The van der Waals surface area contributed by atoms with Crippen molar-refractivity contribution in [3.63, 3.8) is 0 Å². The molecule has 2 fully saturated rings. The van der Waals surface area contributed by atoms with E-state index in [2.05, 4.69) is 17.1 Å². The summed E-state index contributed by atoms with van der Waals surface area (Å²) in [5, 5.41) is 3.42. The number of hydrogen-bond acceptors (Lipinski definition) is 4. The number of nitrogens with zero attached hydrogens (tertiary/aromatic N) is 2. The topological polar surface area (TPSA) is 52.7 Å². The molecule has 28 heavy (non-hydrogen) atoms. The SMILES string of the molecule is CCCCS(=O)(=O)N1CCC(CN2CCNC[C@@H]2C)CC1.Fc1ccccc1. The van der Waals surface area contributed by atoms with Gasteiger partial charge in [-0.15, -0.1) is 0 Å². The number of piperidine rings is 1. The smallest absolute Gasteiger partial charge is 0.214 e. The van der Waals surface area contributed by atoms with Crippen LogP contribution in [0.2, 0.25) is 0 Å². The van der Waals surface area contributed by atoms with Gasteiger partial charge in [-0.3, -0.25) is 4.90 Å². The summed E-state index contributed by atoms with van der Waals surface area (Å²) in [5.74, 6) is 0.800. The van der Waals surface area contributed by atoms with E-state index in [1.54, 1.807) is 22.5 Å². The molecule has 0 aromatic heterocycles. The van der Waals surface area contributed by atoms with Crippen molar-refractivity contribution in [2.24, 2.45) is 5.92 Å². The molecule has 3 rings (SSSR count). The first-order valence-corrected chi connectivity index (χ1v) is 12.2. The Labute approximate surface area is 170 Å². The van der Waals surface area contributed by atoms with E-state index in [1.165, 1.54) is 12.1 Å². The van der Waals surface area contributed by atoms with Gasteiger partial charge < -0.3 is 5.32 Å². The average molecular weight is 414 g/mol. The zero-order chi connectivity index (χ0) is 20.4. The van der Waals surface area contributed by atoms with Gasteiger partial charge >= 0.3 is 0 Å². The lowest BCUT2D eigenvalue weighted by Crippen LogP contribution is -2.52. The van der Waals surface area contributed by atoms with E-state index in [4.69, 9.17) is 0 Å². The third-order valence-electron chi connectivity index (χ3n) is 5.59. The van der Waals surface area contributed by atoms with Gasteiger partial charge in [-0.2, -0.15) is 0 Å². The molecule has 2 aliphatic heterocycles. The predicted octanol–water partition coefficient (Wildman–Crippen LogP) is 2.95. The maximum atomic E-state index is 12.2. The molecule has 160 valence electrons. The number of halogens is 1. The first kappa shape index (κ1) is 23.3. The summed E-state index contributed by atoms with van der Waals surface area (Å²) in [5.41, 5.74) is 0. The molecule has 2 saturated heterocycles. The molecular formula is C21H36FN3O2S. The predicted molar refractivity (Wildman–Crippen MR) is 113 cm³/mol. The molecule has 0 spiro atoms. The van der Waals surface area contributed by atoms with Gasteiger partial charge in [0.15, 0.2) is 0 Å². The number of unbranched alkanes of at least 4 members (excludes halogenated alkanes) is 1. The van der Waals surface area contributed by atoms with Crippen LogP contribution >= 0.6 is 0 Å². The lowest BCUT2D eigenvalue weighted by molar-refractivity contribution is 0.126. The highest BCUT2D eigenvalue weighted by Gasteiger charge is 2.29. The fourth-order valence-corrected chi connectivity index (χ4v) is 5.41. The van der Waals surface area contributed by atoms with Gasteiger partial charge in [-0.1, -0.05) is 31.5 Å². The first-order valence-electron chi connectivity index (χ1n) is 10.6. The number of benzene rings is 1. The molecule has 1 aromatic rings. The van der Waals surface area contributed by atoms with Gasteiger partial charge in [0.1, 0.15) is 5.82 Å². The van der Waals surface area contributed by atoms with Crippen LogP contribution in [0.1, 0.15) is 39.5 Å². The molecule has 2 heterocycles. The first-order chi connectivity index (χ1) is 13.4. The quantitative estimate of drug-likeness (QED) is 0.779. The molecule has 1 atom stereocenters. The van der Waals surface area contributed by atoms with Crippen LogP contribution in [0.15, 0.2) is 30.3 Å². The van der Waals surface area contributed by atoms with Crippen molar-refractivity contribution in [2.75, 3.05) is 45.0 Å². The number of hydrogen-bond donors (Lipinski definition) is 1. The van der Waals surface area contributed by atoms with Crippen molar-refractivity contribution in [2.45, 2.75) is 45.6 Å². The fourth-order valence-electron chi connectivity index (χ4n) is 3.73. The Bertz CT molecular complexity index is 649. The molecule has 7 heteroatoms. The minimum absolute atomic E-state index is 0.178. The molecule has 0 amide bonds. The standard InChI is InChI=1S/C15H31N3O2S.C6H5F/c1-3-4-11-21(19,20)18-8-5-15(6-9-18)13-17-10-7-16-12-14(17)2;7-6-4-2-1-3-5-6/h14-16H,3-13H2,1-2H3;1-5H/t14-;/m0./s1. The Kier molecular flexibility index (Phi) is 9.85. The summed E-state index contributed by atoms with van der Waals surface area (Å²) >= 11 is 0. The molecule has 1 aromatic carbocycles. The second kappa shape index (κ2) is 11.9. The fraction of sp³-hybridized carbons (Fsp3) is 0.714. The van der Waals surface area contributed by atoms with E-state index in [0.29, 0.717) is 17.7 Å². The summed E-state index contributed by atoms with van der Waals surface area (Å²) < 4.78 is 38.0. The van der Waals surface area contributed by atoms with E-state index in [0.717, 1.165) is 65.0 Å². The van der Waals surface area contributed by atoms with E-state index in [-0.39, 0.29) is 5.82 Å². The van der Waals surface area contributed by atoms with E-state index < -0.39 is 10.0 Å². The minimum Gasteiger partial charge on any atom is -0.314 e. The number of sulfonamides is 1. The van der Waals surface area contributed by atoms with Gasteiger partial charge in [-0.05, 0) is 44.2 Å². The van der Waals surface area contributed by atoms with Crippen molar-refractivity contribution in [3.8, 4) is 0 Å². The number of piperazine rings is 1. The molecule has 2 aliphatic rings. The summed E-state index contributed by atoms with van der Waals surface area (Å²) in [6, 6.07) is 8.54. The normalized spacial score (nSPS) is 22.5. The Morgan fingerprint density at radius 2 is 1.82 bits per heavy atom. The molecule has 0 aliphatic carbocycles. The Balaban J connectivity index is 0.000000336. The van der Waals surface area contributed by atoms with Crippen LogP contribution in [0, 0.1) is 11.7 Å². The maximum Gasteiger partial charge on any atom is 0.214 e. The van der Waals surface area contributed by atoms with Gasteiger partial charge in [0.05, 0.1) is 5.75 Å². The highest BCUT2D eigenvalue weighted by molar-refractivity contribution is 7.89. The highest BCUT2D eigenvalue weighted by Crippen LogP contribution is 2.22. The van der Waals surface area contributed by atoms with Crippen molar-refractivity contribution in [3.05, 3.63) is 36.1 Å². The second-order valence-corrected chi connectivity index (χ2v) is 9.94. The molecule has 1 N–H and O–H groups in total. The molecule has 0 unspecified atom stereocenters. The lowest BCUT2D eigenvalue weighted by Gasteiger charge is -2.39. The third kappa shape index (κ3) is 7.78. The number of nitrogens with one attached hydrogen (secondary N) is 1. The average Bonchev–Trinajstić information content (AvgIpc) is 2.70. The van der Waals surface area contributed by atoms with Crippen LogP contribution in [0.25, 0.3) is 0 Å². The number of rotatable bonds is 6. The minimum atomic E-state index is -3.00. The van der Waals surface area contributed by atoms with Crippen LogP contribution in [0.5, 0.6) is 0 Å². The van der Waals surface area contributed by atoms with Crippen LogP contribution in [-0.4, -0.2) is 68.7 Å². The van der Waals surface area contributed by atoms with E-state index in [9.17, 15) is 12.8 Å². The van der Waals surface area contributed by atoms with Gasteiger partial charge in [0.25, 0.3) is 0 Å². The Hall–Kier alpha value is -1.02. The molecular weight excluding hydrogens is 377 g/mol. The highest BCUT2D eigenvalue weighted by atomic mass is 32.2. The molecule has 5 nitrogen and oxygen atoms in total. The van der Waals surface area contributed by atoms with Gasteiger partial charge in [-0.25, -0.2) is 17.1 Å². The molecule has 0 bridgehead atoms. The van der Waals surface area contributed by atoms with Crippen LogP contribution in [0.4, 0.5) is 4.39 Å². The zero-order valence-electron chi connectivity index (χ0n) is 17.3. The lowest BCUT2D eigenvalue weighted by atomic mass is 9.96. The van der Waals surface area contributed by atoms with E-state index >= 15 is 0 Å². The van der Waals surface area contributed by atoms with Crippen molar-refractivity contribution >= 4 is 10.0 Å². The molecule has 0 radical (unpaired) electrons. The summed E-state index contributed by atoms with van der Waals surface area (Å²) in [4.78, 5) is 2.56. The Morgan fingerprint density at radius 3 is 2.36 bits per heavy atom.